The number of aliphatic hydroxyl groups is 1. The Morgan fingerprint density at radius 2 is 1.80 bits per heavy atom. The van der Waals surface area contributed by atoms with Crippen LogP contribution in [0.1, 0.15) is 26.9 Å². The number of hydrogen-bond donors (Lipinski definition) is 3. The molecule has 41 heavy (non-hydrogen) atoms. The quantitative estimate of drug-likeness (QED) is 0.307. The first-order chi connectivity index (χ1) is 19.8. The van der Waals surface area contributed by atoms with E-state index in [0.29, 0.717) is 16.2 Å². The van der Waals surface area contributed by atoms with Crippen LogP contribution in [0.15, 0.2) is 71.8 Å². The topological polar surface area (TPSA) is 147 Å². The van der Waals surface area contributed by atoms with Gasteiger partial charge in [0.15, 0.2) is 24.1 Å². The highest BCUT2D eigenvalue weighted by atomic mass is 32.2. The summed E-state index contributed by atoms with van der Waals surface area (Å²) in [7, 11) is 2.52. The number of halogens is 1. The fourth-order valence-electron chi connectivity index (χ4n) is 3.93. The van der Waals surface area contributed by atoms with E-state index >= 15 is 0 Å². The van der Waals surface area contributed by atoms with Crippen LogP contribution in [0.25, 0.3) is 0 Å². The number of benzene rings is 3. The number of ether oxygens (including phenoxy) is 3. The van der Waals surface area contributed by atoms with Gasteiger partial charge in [-0.25, -0.2) is 14.2 Å². The molecule has 214 valence electrons. The summed E-state index contributed by atoms with van der Waals surface area (Å²) in [6.45, 7) is -1.18. The summed E-state index contributed by atoms with van der Waals surface area (Å²) in [5.74, 6) is -2.40. The Balaban J connectivity index is 1.64. The molecule has 3 N–H and O–H groups in total. The Bertz CT molecular complexity index is 1470. The fraction of sp³-hybridized carbons (Fsp3) is 0.214. The Hall–Kier alpha value is -4.62. The molecule has 0 radical (unpaired) electrons. The summed E-state index contributed by atoms with van der Waals surface area (Å²) in [4.78, 5) is 37.6. The summed E-state index contributed by atoms with van der Waals surface area (Å²) < 4.78 is 29.4. The molecule has 0 bridgehead atoms. The van der Waals surface area contributed by atoms with E-state index in [-0.39, 0.29) is 22.8 Å². The van der Waals surface area contributed by atoms with Gasteiger partial charge < -0.3 is 29.7 Å². The number of carbonyl (C=O) groups is 3. The van der Waals surface area contributed by atoms with Gasteiger partial charge in [0, 0.05) is 11.1 Å². The maximum Gasteiger partial charge on any atom is 0.330 e. The third-order valence-corrected chi connectivity index (χ3v) is 7.14. The number of aliphatic hydroxyl groups excluding tert-OH is 1. The van der Waals surface area contributed by atoms with Crippen LogP contribution in [0, 0.1) is 5.82 Å². The second-order valence-electron chi connectivity index (χ2n) is 8.54. The number of aromatic hydroxyl groups is 1. The number of phenolic OH excluding ortho intramolecular Hbond substituents is 1. The van der Waals surface area contributed by atoms with Crippen molar-refractivity contribution in [2.45, 2.75) is 11.4 Å². The largest absolute Gasteiger partial charge is 0.507 e. The smallest absolute Gasteiger partial charge is 0.330 e. The highest BCUT2D eigenvalue weighted by molar-refractivity contribution is 8.14. The number of esters is 1. The molecule has 1 aliphatic rings. The lowest BCUT2D eigenvalue weighted by molar-refractivity contribution is -0.146. The van der Waals surface area contributed by atoms with E-state index in [1.165, 1.54) is 60.3 Å². The summed E-state index contributed by atoms with van der Waals surface area (Å²) in [6, 6.07) is 15.3. The average molecular weight is 584 g/mol. The lowest BCUT2D eigenvalue weighted by Gasteiger charge is -2.24. The molecule has 4 rings (SSSR count). The molecule has 0 saturated heterocycles. The van der Waals surface area contributed by atoms with Crippen molar-refractivity contribution in [2.24, 2.45) is 5.10 Å². The first-order valence-corrected chi connectivity index (χ1v) is 13.1. The number of hydrazone groups is 1. The van der Waals surface area contributed by atoms with Gasteiger partial charge in [0.25, 0.3) is 11.8 Å². The van der Waals surface area contributed by atoms with Crippen molar-refractivity contribution in [2.75, 3.05) is 27.4 Å². The van der Waals surface area contributed by atoms with E-state index in [4.69, 9.17) is 9.47 Å². The van der Waals surface area contributed by atoms with E-state index in [9.17, 15) is 29.0 Å². The molecule has 1 aliphatic heterocycles. The third-order valence-electron chi connectivity index (χ3n) is 5.92. The van der Waals surface area contributed by atoms with E-state index in [1.54, 1.807) is 30.3 Å². The van der Waals surface area contributed by atoms with Gasteiger partial charge in [-0.1, -0.05) is 36.0 Å². The van der Waals surface area contributed by atoms with Crippen LogP contribution in [-0.2, 0) is 14.3 Å². The van der Waals surface area contributed by atoms with Crippen molar-refractivity contribution < 1.29 is 43.2 Å². The molecule has 0 aliphatic carbocycles. The Morgan fingerprint density at radius 3 is 2.46 bits per heavy atom. The van der Waals surface area contributed by atoms with Crippen molar-refractivity contribution in [1.29, 1.82) is 0 Å². The molecule has 2 amide bonds. The van der Waals surface area contributed by atoms with Gasteiger partial charge in [-0.15, -0.1) is 0 Å². The molecule has 0 spiro atoms. The van der Waals surface area contributed by atoms with Crippen LogP contribution < -0.4 is 14.8 Å². The molecular formula is C28H26FN3O8S. The Kier molecular flexibility index (Phi) is 9.42. The summed E-state index contributed by atoms with van der Waals surface area (Å²) >= 11 is 1.20. The standard InChI is InChI=1S/C28H26FN3O8S/c1-38-24-19(7-5-9-22(24)40-15-23(35)30-20(14-33)28(37)39-2)27-32(26(36)18-6-3-4-8-21(18)34)31-25(41-27)16-10-12-17(29)13-11-16/h3-13,20,27,33-34H,14-15H2,1-2H3,(H,30,35). The number of rotatable bonds is 10. The Labute approximate surface area is 238 Å². The van der Waals surface area contributed by atoms with Gasteiger partial charge in [0.1, 0.15) is 22.0 Å². The Morgan fingerprint density at radius 1 is 1.07 bits per heavy atom. The molecule has 11 nitrogen and oxygen atoms in total. The lowest BCUT2D eigenvalue weighted by Crippen LogP contribution is -2.45. The monoisotopic (exact) mass is 583 g/mol. The molecule has 0 saturated carbocycles. The van der Waals surface area contributed by atoms with Crippen LogP contribution in [-0.4, -0.2) is 71.5 Å². The van der Waals surface area contributed by atoms with Crippen molar-refractivity contribution in [1.82, 2.24) is 10.3 Å². The summed E-state index contributed by atoms with van der Waals surface area (Å²) in [5, 5.41) is 27.3. The molecule has 0 aromatic heterocycles. The molecule has 13 heteroatoms. The number of nitrogens with one attached hydrogen (secondary N) is 1. The minimum Gasteiger partial charge on any atom is -0.507 e. The first-order valence-electron chi connectivity index (χ1n) is 12.2. The van der Waals surface area contributed by atoms with Crippen LogP contribution in [0.4, 0.5) is 4.39 Å². The normalized spacial score (nSPS) is 15.1. The SMILES string of the molecule is COC(=O)C(CO)NC(=O)COc1cccc(C2SC(c3ccc(F)cc3)=NN2C(=O)c2ccccc2O)c1OC. The minimum atomic E-state index is -1.25. The zero-order valence-electron chi connectivity index (χ0n) is 21.9. The van der Waals surface area contributed by atoms with E-state index in [1.807, 2.05) is 0 Å². The fourth-order valence-corrected chi connectivity index (χ4v) is 5.11. The van der Waals surface area contributed by atoms with Gasteiger partial charge in [-0.2, -0.15) is 5.10 Å². The lowest BCUT2D eigenvalue weighted by atomic mass is 10.1. The molecular weight excluding hydrogens is 557 g/mol. The summed E-state index contributed by atoms with van der Waals surface area (Å²) in [5.41, 5.74) is 1.05. The molecule has 0 fully saturated rings. The van der Waals surface area contributed by atoms with E-state index < -0.39 is 48.2 Å². The van der Waals surface area contributed by atoms with Crippen molar-refractivity contribution in [3.63, 3.8) is 0 Å². The highest BCUT2D eigenvalue weighted by Gasteiger charge is 2.38. The predicted octanol–water partition coefficient (Wildman–Crippen LogP) is 2.82. The number of carbonyl (C=O) groups excluding carboxylic acids is 3. The first kappa shape index (κ1) is 29.4. The molecule has 2 atom stereocenters. The second-order valence-corrected chi connectivity index (χ2v) is 9.61. The number of para-hydroxylation sites is 2. The number of phenols is 1. The molecule has 3 aromatic rings. The van der Waals surface area contributed by atoms with Crippen LogP contribution in [0.3, 0.4) is 0 Å². The molecule has 1 heterocycles. The maximum absolute atomic E-state index is 13.6. The predicted molar refractivity (Wildman–Crippen MR) is 147 cm³/mol. The van der Waals surface area contributed by atoms with Crippen LogP contribution >= 0.6 is 11.8 Å². The number of nitrogens with zero attached hydrogens (tertiary/aromatic N) is 2. The maximum atomic E-state index is 13.6. The minimum absolute atomic E-state index is 0.0225. The third kappa shape index (κ3) is 6.58. The van der Waals surface area contributed by atoms with Gasteiger partial charge in [0.2, 0.25) is 0 Å². The summed E-state index contributed by atoms with van der Waals surface area (Å²) in [6.07, 6.45) is 0. The number of methoxy groups -OCH3 is 2. The van der Waals surface area contributed by atoms with Gasteiger partial charge in [-0.05, 0) is 42.5 Å². The van der Waals surface area contributed by atoms with Crippen molar-refractivity contribution in [3.05, 3.63) is 89.2 Å². The highest BCUT2D eigenvalue weighted by Crippen LogP contribution is 2.47. The van der Waals surface area contributed by atoms with Gasteiger partial charge >= 0.3 is 5.97 Å². The number of thioether (sulfide) groups is 1. The average Bonchev–Trinajstić information content (AvgIpc) is 3.43. The van der Waals surface area contributed by atoms with Gasteiger partial charge in [-0.3, -0.25) is 9.59 Å². The van der Waals surface area contributed by atoms with E-state index in [0.717, 1.165) is 7.11 Å². The van der Waals surface area contributed by atoms with Crippen molar-refractivity contribution in [3.8, 4) is 17.2 Å². The second kappa shape index (κ2) is 13.2. The van der Waals surface area contributed by atoms with E-state index in [2.05, 4.69) is 15.2 Å². The van der Waals surface area contributed by atoms with Crippen molar-refractivity contribution >= 4 is 34.6 Å². The van der Waals surface area contributed by atoms with Crippen LogP contribution in [0.5, 0.6) is 17.2 Å². The number of amides is 2. The van der Waals surface area contributed by atoms with Gasteiger partial charge in [0.05, 0.1) is 26.4 Å². The zero-order chi connectivity index (χ0) is 29.5. The zero-order valence-corrected chi connectivity index (χ0v) is 22.8. The van der Waals surface area contributed by atoms with Crippen LogP contribution in [0.2, 0.25) is 0 Å². The molecule has 3 aromatic carbocycles. The molecule has 2 unspecified atom stereocenters. The number of hydrogen-bond acceptors (Lipinski definition) is 10.